The Bertz CT molecular complexity index is 273. The average molecular weight is 217 g/mol. The first-order valence-corrected chi connectivity index (χ1v) is 5.46. The molecule has 0 aliphatic rings. The Morgan fingerprint density at radius 3 is 2.79 bits per heavy atom. The van der Waals surface area contributed by atoms with Gasteiger partial charge in [-0.3, -0.25) is 0 Å². The maximum absolute atomic E-state index is 5.91. The van der Waals surface area contributed by atoms with Crippen molar-refractivity contribution in [2.75, 3.05) is 6.61 Å². The quantitative estimate of drug-likeness (QED) is 0.743. The molecule has 0 aliphatic carbocycles. The minimum atomic E-state index is 0.534. The second kappa shape index (κ2) is 6.04. The van der Waals surface area contributed by atoms with Gasteiger partial charge in [-0.2, -0.15) is 0 Å². The van der Waals surface area contributed by atoms with Crippen LogP contribution in [-0.4, -0.2) is 16.6 Å². The van der Waals surface area contributed by atoms with Gasteiger partial charge in [-0.1, -0.05) is 31.9 Å². The van der Waals surface area contributed by atoms with Gasteiger partial charge in [0, 0.05) is 13.0 Å². The summed E-state index contributed by atoms with van der Waals surface area (Å²) in [5.41, 5.74) is 0.889. The number of rotatable bonds is 6. The molecule has 1 aromatic rings. The molecule has 80 valence electrons. The summed E-state index contributed by atoms with van der Waals surface area (Å²) >= 11 is 5.91. The number of ether oxygens (including phenoxy) is 1. The molecule has 1 rings (SSSR count). The summed E-state index contributed by atoms with van der Waals surface area (Å²) in [6.45, 7) is 5.50. The lowest BCUT2D eigenvalue weighted by molar-refractivity contribution is 0.116. The van der Waals surface area contributed by atoms with E-state index in [1.165, 1.54) is 0 Å². The largest absolute Gasteiger partial charge is 0.375 e. The van der Waals surface area contributed by atoms with Crippen molar-refractivity contribution in [1.82, 2.24) is 9.97 Å². The van der Waals surface area contributed by atoms with Crippen molar-refractivity contribution >= 4 is 11.6 Å². The van der Waals surface area contributed by atoms with Crippen LogP contribution >= 0.6 is 11.6 Å². The number of hydrogen-bond acceptors (Lipinski definition) is 2. The Morgan fingerprint density at radius 2 is 2.21 bits per heavy atom. The number of unbranched alkanes of at least 4 members (excludes halogenated alkanes) is 1. The zero-order valence-electron chi connectivity index (χ0n) is 8.77. The fourth-order valence-corrected chi connectivity index (χ4v) is 1.33. The van der Waals surface area contributed by atoms with Crippen LogP contribution < -0.4 is 0 Å². The summed E-state index contributed by atoms with van der Waals surface area (Å²) < 4.78 is 5.44. The highest BCUT2D eigenvalue weighted by molar-refractivity contribution is 6.30. The van der Waals surface area contributed by atoms with Gasteiger partial charge < -0.3 is 9.72 Å². The Hall–Kier alpha value is -0.540. The third kappa shape index (κ3) is 3.31. The standard InChI is InChI=1S/C10H17ClN2O/c1-3-5-6-14-7-8-10(11)13-9(4-2)12-8/h3-7H2,1-2H3,(H,12,13). The summed E-state index contributed by atoms with van der Waals surface area (Å²) in [4.78, 5) is 7.30. The molecule has 0 spiro atoms. The highest BCUT2D eigenvalue weighted by Gasteiger charge is 2.06. The van der Waals surface area contributed by atoms with Gasteiger partial charge in [-0.25, -0.2) is 4.98 Å². The number of nitrogens with one attached hydrogen (secondary N) is 1. The molecule has 0 aromatic carbocycles. The lowest BCUT2D eigenvalue weighted by Gasteiger charge is -2.00. The minimum Gasteiger partial charge on any atom is -0.375 e. The average Bonchev–Trinajstić information content (AvgIpc) is 2.54. The monoisotopic (exact) mass is 216 g/mol. The predicted molar refractivity (Wildman–Crippen MR) is 57.5 cm³/mol. The molecule has 4 heteroatoms. The van der Waals surface area contributed by atoms with E-state index in [2.05, 4.69) is 16.9 Å². The number of halogens is 1. The second-order valence-electron chi connectivity index (χ2n) is 3.21. The molecule has 0 bridgehead atoms. The fourth-order valence-electron chi connectivity index (χ4n) is 1.12. The van der Waals surface area contributed by atoms with Gasteiger partial charge in [-0.05, 0) is 6.42 Å². The number of nitrogens with zero attached hydrogens (tertiary/aromatic N) is 1. The maximum Gasteiger partial charge on any atom is 0.152 e. The molecule has 1 aromatic heterocycles. The minimum absolute atomic E-state index is 0.534. The van der Waals surface area contributed by atoms with E-state index in [9.17, 15) is 0 Å². The number of H-pyrrole nitrogens is 1. The van der Waals surface area contributed by atoms with Crippen molar-refractivity contribution in [3.8, 4) is 0 Å². The van der Waals surface area contributed by atoms with Crippen LogP contribution in [0.5, 0.6) is 0 Å². The van der Waals surface area contributed by atoms with Gasteiger partial charge in [0.05, 0.1) is 12.3 Å². The zero-order valence-corrected chi connectivity index (χ0v) is 9.52. The van der Waals surface area contributed by atoms with E-state index in [4.69, 9.17) is 16.3 Å². The summed E-state index contributed by atoms with van der Waals surface area (Å²) in [7, 11) is 0. The molecule has 0 saturated heterocycles. The molecule has 0 atom stereocenters. The van der Waals surface area contributed by atoms with Gasteiger partial charge in [-0.15, -0.1) is 0 Å². The topological polar surface area (TPSA) is 37.9 Å². The van der Waals surface area contributed by atoms with Gasteiger partial charge in [0.25, 0.3) is 0 Å². The van der Waals surface area contributed by atoms with Crippen LogP contribution in [-0.2, 0) is 17.8 Å². The van der Waals surface area contributed by atoms with Crippen LogP contribution in [0, 0.1) is 0 Å². The van der Waals surface area contributed by atoms with Crippen LogP contribution in [0.2, 0.25) is 5.15 Å². The summed E-state index contributed by atoms with van der Waals surface area (Å²) in [5, 5.41) is 0.540. The van der Waals surface area contributed by atoms with Crippen molar-refractivity contribution in [3.63, 3.8) is 0 Å². The molecule has 14 heavy (non-hydrogen) atoms. The molecular formula is C10H17ClN2O. The number of hydrogen-bond donors (Lipinski definition) is 1. The Morgan fingerprint density at radius 1 is 1.43 bits per heavy atom. The summed E-state index contributed by atoms with van der Waals surface area (Å²) in [5.74, 6) is 0.920. The normalized spacial score (nSPS) is 10.8. The van der Waals surface area contributed by atoms with E-state index >= 15 is 0 Å². The molecule has 0 amide bonds. The molecule has 0 radical (unpaired) electrons. The Kier molecular flexibility index (Phi) is 4.98. The molecule has 0 aliphatic heterocycles. The van der Waals surface area contributed by atoms with E-state index in [0.29, 0.717) is 11.8 Å². The van der Waals surface area contributed by atoms with Crippen molar-refractivity contribution in [2.45, 2.75) is 39.7 Å². The lowest BCUT2D eigenvalue weighted by atomic mass is 10.4. The number of imidazole rings is 1. The van der Waals surface area contributed by atoms with Crippen LogP contribution in [0.3, 0.4) is 0 Å². The first-order chi connectivity index (χ1) is 6.77. The van der Waals surface area contributed by atoms with Crippen molar-refractivity contribution < 1.29 is 4.74 Å². The van der Waals surface area contributed by atoms with E-state index < -0.39 is 0 Å². The molecule has 1 heterocycles. The van der Waals surface area contributed by atoms with E-state index in [0.717, 1.165) is 37.4 Å². The smallest absolute Gasteiger partial charge is 0.152 e. The van der Waals surface area contributed by atoms with E-state index in [1.807, 2.05) is 6.92 Å². The summed E-state index contributed by atoms with van der Waals surface area (Å²) in [6, 6.07) is 0. The molecule has 0 saturated carbocycles. The first-order valence-electron chi connectivity index (χ1n) is 5.08. The predicted octanol–water partition coefficient (Wildman–Crippen LogP) is 2.94. The number of aromatic nitrogens is 2. The van der Waals surface area contributed by atoms with Crippen molar-refractivity contribution in [3.05, 3.63) is 16.7 Å². The van der Waals surface area contributed by atoms with Gasteiger partial charge in [0.1, 0.15) is 5.82 Å². The highest BCUT2D eigenvalue weighted by atomic mass is 35.5. The van der Waals surface area contributed by atoms with Crippen LogP contribution in [0.1, 0.15) is 38.2 Å². The van der Waals surface area contributed by atoms with Crippen LogP contribution in [0.4, 0.5) is 0 Å². The highest BCUT2D eigenvalue weighted by Crippen LogP contribution is 2.14. The van der Waals surface area contributed by atoms with Crippen molar-refractivity contribution in [2.24, 2.45) is 0 Å². The van der Waals surface area contributed by atoms with Crippen molar-refractivity contribution in [1.29, 1.82) is 0 Å². The Labute approximate surface area is 89.8 Å². The summed E-state index contributed by atoms with van der Waals surface area (Å²) in [6.07, 6.45) is 3.11. The number of aryl methyl sites for hydroxylation is 1. The molecule has 0 fully saturated rings. The van der Waals surface area contributed by atoms with Gasteiger partial charge in [0.15, 0.2) is 5.15 Å². The number of aromatic amines is 1. The van der Waals surface area contributed by atoms with E-state index in [-0.39, 0.29) is 0 Å². The Balaban J connectivity index is 2.38. The lowest BCUT2D eigenvalue weighted by Crippen LogP contribution is -1.96. The maximum atomic E-state index is 5.91. The van der Waals surface area contributed by atoms with Gasteiger partial charge in [0.2, 0.25) is 0 Å². The third-order valence-corrected chi connectivity index (χ3v) is 2.31. The molecule has 1 N–H and O–H groups in total. The fraction of sp³-hybridized carbons (Fsp3) is 0.700. The van der Waals surface area contributed by atoms with Crippen LogP contribution in [0.25, 0.3) is 0 Å². The molecular weight excluding hydrogens is 200 g/mol. The second-order valence-corrected chi connectivity index (χ2v) is 3.57. The first kappa shape index (κ1) is 11.5. The zero-order chi connectivity index (χ0) is 10.4. The van der Waals surface area contributed by atoms with Gasteiger partial charge >= 0.3 is 0 Å². The molecule has 0 unspecified atom stereocenters. The third-order valence-electron chi connectivity index (χ3n) is 2.00. The van der Waals surface area contributed by atoms with Crippen LogP contribution in [0.15, 0.2) is 0 Å². The molecule has 3 nitrogen and oxygen atoms in total. The van der Waals surface area contributed by atoms with E-state index in [1.54, 1.807) is 0 Å². The SMILES string of the molecule is CCCCOCc1[nH]c(CC)nc1Cl.